The maximum Gasteiger partial charge on any atom is 0.320 e. The Morgan fingerprint density at radius 3 is 2.84 bits per heavy atom. The summed E-state index contributed by atoms with van der Waals surface area (Å²) in [6.45, 7) is 4.39. The van der Waals surface area contributed by atoms with E-state index in [9.17, 15) is 4.79 Å². The Kier molecular flexibility index (Phi) is 4.87. The van der Waals surface area contributed by atoms with Crippen LogP contribution in [0, 0.1) is 12.8 Å². The van der Waals surface area contributed by atoms with E-state index in [4.69, 9.17) is 0 Å². The molecule has 0 saturated heterocycles. The standard InChI is InChI=1S/C17H25N7O/c1-11-9-14(21-16(20-11)23(3)4)10-18-17(25)22-15-7-8-19-24(15)12(2)13-5-6-13/h7-9,12-13H,5-6,10H2,1-4H3,(H2,18,22,25). The minimum absolute atomic E-state index is 0.271. The molecule has 1 fully saturated rings. The van der Waals surface area contributed by atoms with E-state index < -0.39 is 0 Å². The summed E-state index contributed by atoms with van der Waals surface area (Å²) < 4.78 is 1.89. The van der Waals surface area contributed by atoms with Crippen molar-refractivity contribution in [1.82, 2.24) is 25.1 Å². The first kappa shape index (κ1) is 17.2. The molecule has 2 amide bonds. The summed E-state index contributed by atoms with van der Waals surface area (Å²) in [6.07, 6.45) is 4.17. The topological polar surface area (TPSA) is 88.0 Å². The molecule has 8 nitrogen and oxygen atoms in total. The van der Waals surface area contributed by atoms with Crippen molar-refractivity contribution in [3.63, 3.8) is 0 Å². The average molecular weight is 343 g/mol. The highest BCUT2D eigenvalue weighted by Crippen LogP contribution is 2.40. The third-order valence-corrected chi connectivity index (χ3v) is 4.33. The lowest BCUT2D eigenvalue weighted by molar-refractivity contribution is 0.251. The van der Waals surface area contributed by atoms with Crippen molar-refractivity contribution in [3.05, 3.63) is 29.7 Å². The lowest BCUT2D eigenvalue weighted by atomic mass is 10.2. The Morgan fingerprint density at radius 2 is 2.16 bits per heavy atom. The molecule has 1 aliphatic carbocycles. The van der Waals surface area contributed by atoms with Crippen molar-refractivity contribution in [3.8, 4) is 0 Å². The van der Waals surface area contributed by atoms with E-state index in [1.54, 1.807) is 6.20 Å². The number of amides is 2. The van der Waals surface area contributed by atoms with Gasteiger partial charge in [-0.3, -0.25) is 5.32 Å². The number of nitrogens with zero attached hydrogens (tertiary/aromatic N) is 5. The highest BCUT2D eigenvalue weighted by molar-refractivity contribution is 5.88. The van der Waals surface area contributed by atoms with Crippen LogP contribution in [0.2, 0.25) is 0 Å². The number of nitrogens with one attached hydrogen (secondary N) is 2. The third-order valence-electron chi connectivity index (χ3n) is 4.33. The summed E-state index contributed by atoms with van der Waals surface area (Å²) in [7, 11) is 3.78. The smallest absolute Gasteiger partial charge is 0.320 e. The molecule has 25 heavy (non-hydrogen) atoms. The number of rotatable bonds is 6. The Morgan fingerprint density at radius 1 is 1.40 bits per heavy atom. The molecule has 0 aliphatic heterocycles. The van der Waals surface area contributed by atoms with E-state index in [1.807, 2.05) is 42.7 Å². The number of urea groups is 1. The van der Waals surface area contributed by atoms with Gasteiger partial charge in [-0.1, -0.05) is 0 Å². The van der Waals surface area contributed by atoms with Gasteiger partial charge in [0, 0.05) is 25.9 Å². The van der Waals surface area contributed by atoms with Crippen LogP contribution in [0.3, 0.4) is 0 Å². The van der Waals surface area contributed by atoms with Gasteiger partial charge in [-0.05, 0) is 38.7 Å². The van der Waals surface area contributed by atoms with Gasteiger partial charge in [0.2, 0.25) is 5.95 Å². The molecule has 1 atom stereocenters. The molecule has 134 valence electrons. The molecule has 1 saturated carbocycles. The van der Waals surface area contributed by atoms with Gasteiger partial charge in [0.25, 0.3) is 0 Å². The van der Waals surface area contributed by atoms with Crippen LogP contribution in [0.25, 0.3) is 0 Å². The molecule has 0 spiro atoms. The minimum Gasteiger partial charge on any atom is -0.347 e. The minimum atomic E-state index is -0.271. The van der Waals surface area contributed by atoms with Gasteiger partial charge in [-0.2, -0.15) is 5.10 Å². The first-order valence-electron chi connectivity index (χ1n) is 8.54. The maximum atomic E-state index is 12.2. The number of aromatic nitrogens is 4. The summed E-state index contributed by atoms with van der Waals surface area (Å²) in [5.41, 5.74) is 1.64. The molecule has 2 aromatic heterocycles. The summed E-state index contributed by atoms with van der Waals surface area (Å²) in [6, 6.07) is 3.72. The number of carbonyl (C=O) groups excluding carboxylic acids is 1. The van der Waals surface area contributed by atoms with Gasteiger partial charge in [0.1, 0.15) is 5.82 Å². The van der Waals surface area contributed by atoms with Crippen LogP contribution >= 0.6 is 0 Å². The van der Waals surface area contributed by atoms with Crippen LogP contribution in [0.1, 0.15) is 37.2 Å². The average Bonchev–Trinajstić information content (AvgIpc) is 3.32. The molecule has 0 radical (unpaired) electrons. The van der Waals surface area contributed by atoms with Gasteiger partial charge < -0.3 is 10.2 Å². The Hall–Kier alpha value is -2.64. The van der Waals surface area contributed by atoms with E-state index in [0.717, 1.165) is 11.4 Å². The maximum absolute atomic E-state index is 12.2. The number of carbonyl (C=O) groups is 1. The molecule has 1 aliphatic rings. The van der Waals surface area contributed by atoms with Crippen molar-refractivity contribution in [2.45, 2.75) is 39.3 Å². The van der Waals surface area contributed by atoms with Crippen LogP contribution in [-0.2, 0) is 6.54 Å². The van der Waals surface area contributed by atoms with Crippen LogP contribution in [-0.4, -0.2) is 39.9 Å². The molecule has 2 aromatic rings. The van der Waals surface area contributed by atoms with E-state index in [0.29, 0.717) is 30.3 Å². The molecular weight excluding hydrogens is 318 g/mol. The first-order valence-corrected chi connectivity index (χ1v) is 8.54. The number of hydrogen-bond acceptors (Lipinski definition) is 5. The molecule has 0 bridgehead atoms. The molecule has 2 heterocycles. The third kappa shape index (κ3) is 4.26. The number of aryl methyl sites for hydroxylation is 1. The second kappa shape index (κ2) is 7.08. The fraction of sp³-hybridized carbons (Fsp3) is 0.529. The molecule has 8 heteroatoms. The van der Waals surface area contributed by atoms with Gasteiger partial charge in [0.05, 0.1) is 24.5 Å². The van der Waals surface area contributed by atoms with Crippen molar-refractivity contribution in [2.24, 2.45) is 5.92 Å². The lowest BCUT2D eigenvalue weighted by Crippen LogP contribution is -2.30. The number of hydrogen-bond donors (Lipinski definition) is 2. The highest BCUT2D eigenvalue weighted by Gasteiger charge is 2.30. The SMILES string of the molecule is Cc1cc(CNC(=O)Nc2ccnn2C(C)C2CC2)nc(N(C)C)n1. The molecule has 2 N–H and O–H groups in total. The van der Waals surface area contributed by atoms with Gasteiger partial charge >= 0.3 is 6.03 Å². The Balaban J connectivity index is 1.59. The highest BCUT2D eigenvalue weighted by atomic mass is 16.2. The van der Waals surface area contributed by atoms with E-state index in [2.05, 4.69) is 32.6 Å². The molecular formula is C17H25N7O. The number of anilines is 2. The molecule has 1 unspecified atom stereocenters. The fourth-order valence-electron chi connectivity index (χ4n) is 2.75. The normalized spacial score (nSPS) is 14.9. The predicted octanol–water partition coefficient (Wildman–Crippen LogP) is 2.34. The van der Waals surface area contributed by atoms with Gasteiger partial charge in [-0.25, -0.2) is 19.4 Å². The molecule has 0 aromatic carbocycles. The van der Waals surface area contributed by atoms with Crippen LogP contribution in [0.15, 0.2) is 18.3 Å². The summed E-state index contributed by atoms with van der Waals surface area (Å²) in [5, 5.41) is 10.1. The molecule has 3 rings (SSSR count). The van der Waals surface area contributed by atoms with E-state index >= 15 is 0 Å². The van der Waals surface area contributed by atoms with Crippen molar-refractivity contribution in [1.29, 1.82) is 0 Å². The zero-order valence-electron chi connectivity index (χ0n) is 15.2. The Bertz CT molecular complexity index is 751. The Labute approximate surface area is 147 Å². The monoisotopic (exact) mass is 343 g/mol. The summed E-state index contributed by atoms with van der Waals surface area (Å²) >= 11 is 0. The van der Waals surface area contributed by atoms with E-state index in [-0.39, 0.29) is 6.03 Å². The second-order valence-electron chi connectivity index (χ2n) is 6.74. The van der Waals surface area contributed by atoms with E-state index in [1.165, 1.54) is 12.8 Å². The zero-order chi connectivity index (χ0) is 18.0. The van der Waals surface area contributed by atoms with Crippen molar-refractivity contribution < 1.29 is 4.79 Å². The van der Waals surface area contributed by atoms with Crippen molar-refractivity contribution in [2.75, 3.05) is 24.3 Å². The fourth-order valence-corrected chi connectivity index (χ4v) is 2.75. The van der Waals surface area contributed by atoms with Crippen LogP contribution in [0.5, 0.6) is 0 Å². The van der Waals surface area contributed by atoms with Crippen molar-refractivity contribution >= 4 is 17.8 Å². The largest absolute Gasteiger partial charge is 0.347 e. The quantitative estimate of drug-likeness (QED) is 0.840. The first-order chi connectivity index (χ1) is 11.9. The van der Waals surface area contributed by atoms with Gasteiger partial charge in [-0.15, -0.1) is 0 Å². The summed E-state index contributed by atoms with van der Waals surface area (Å²) in [5.74, 6) is 2.01. The van der Waals surface area contributed by atoms with Crippen LogP contribution < -0.4 is 15.5 Å². The van der Waals surface area contributed by atoms with Crippen LogP contribution in [0.4, 0.5) is 16.6 Å². The van der Waals surface area contributed by atoms with Gasteiger partial charge in [0.15, 0.2) is 0 Å². The summed E-state index contributed by atoms with van der Waals surface area (Å²) in [4.78, 5) is 22.9. The second-order valence-corrected chi connectivity index (χ2v) is 6.74. The zero-order valence-corrected chi connectivity index (χ0v) is 15.2. The lowest BCUT2D eigenvalue weighted by Gasteiger charge is -2.16. The predicted molar refractivity (Wildman–Crippen MR) is 96.6 cm³/mol.